The van der Waals surface area contributed by atoms with Gasteiger partial charge in [0.05, 0.1) is 11.9 Å². The SMILES string of the molecule is CCN1CCC(CNc2ccc(C#N)nc2)C1. The van der Waals surface area contributed by atoms with Crippen molar-refractivity contribution >= 4 is 5.69 Å². The van der Waals surface area contributed by atoms with Gasteiger partial charge in [-0.25, -0.2) is 4.98 Å². The van der Waals surface area contributed by atoms with Gasteiger partial charge in [-0.2, -0.15) is 5.26 Å². The normalized spacial score (nSPS) is 20.1. The third kappa shape index (κ3) is 3.18. The molecule has 1 aromatic rings. The Labute approximate surface area is 102 Å². The van der Waals surface area contributed by atoms with Crippen molar-refractivity contribution in [2.75, 3.05) is 31.5 Å². The molecule has 4 heteroatoms. The van der Waals surface area contributed by atoms with E-state index < -0.39 is 0 Å². The van der Waals surface area contributed by atoms with Crippen LogP contribution in [-0.4, -0.2) is 36.1 Å². The summed E-state index contributed by atoms with van der Waals surface area (Å²) in [5.41, 5.74) is 1.47. The number of pyridine rings is 1. The first-order valence-corrected chi connectivity index (χ1v) is 6.14. The molecule has 2 rings (SSSR count). The predicted octanol–water partition coefficient (Wildman–Crippen LogP) is 1.71. The Morgan fingerprint density at radius 2 is 2.47 bits per heavy atom. The van der Waals surface area contributed by atoms with Gasteiger partial charge < -0.3 is 10.2 Å². The molecule has 0 spiro atoms. The lowest BCUT2D eigenvalue weighted by atomic mass is 10.1. The summed E-state index contributed by atoms with van der Waals surface area (Å²) in [4.78, 5) is 6.52. The van der Waals surface area contributed by atoms with Gasteiger partial charge in [-0.3, -0.25) is 0 Å². The maximum atomic E-state index is 8.65. The molecule has 1 aliphatic rings. The van der Waals surface area contributed by atoms with Crippen molar-refractivity contribution < 1.29 is 0 Å². The Morgan fingerprint density at radius 3 is 3.06 bits per heavy atom. The first-order chi connectivity index (χ1) is 8.31. The first-order valence-electron chi connectivity index (χ1n) is 6.14. The molecule has 17 heavy (non-hydrogen) atoms. The van der Waals surface area contributed by atoms with Crippen LogP contribution in [0.5, 0.6) is 0 Å². The second kappa shape index (κ2) is 5.65. The molecule has 0 bridgehead atoms. The lowest BCUT2D eigenvalue weighted by molar-refractivity contribution is 0.345. The van der Waals surface area contributed by atoms with Gasteiger partial charge in [-0.15, -0.1) is 0 Å². The van der Waals surface area contributed by atoms with Crippen LogP contribution in [0.15, 0.2) is 18.3 Å². The predicted molar refractivity (Wildman–Crippen MR) is 67.7 cm³/mol. The summed E-state index contributed by atoms with van der Waals surface area (Å²) in [6.07, 6.45) is 3.00. The largest absolute Gasteiger partial charge is 0.383 e. The zero-order valence-corrected chi connectivity index (χ0v) is 10.2. The van der Waals surface area contributed by atoms with E-state index in [1.54, 1.807) is 12.3 Å². The van der Waals surface area contributed by atoms with E-state index in [9.17, 15) is 0 Å². The van der Waals surface area contributed by atoms with Gasteiger partial charge in [0.15, 0.2) is 0 Å². The number of hydrogen-bond donors (Lipinski definition) is 1. The molecule has 1 unspecified atom stereocenters. The van der Waals surface area contributed by atoms with Crippen molar-refractivity contribution in [2.24, 2.45) is 5.92 Å². The molecule has 1 fully saturated rings. The minimum Gasteiger partial charge on any atom is -0.383 e. The van der Waals surface area contributed by atoms with E-state index in [1.165, 1.54) is 19.5 Å². The monoisotopic (exact) mass is 230 g/mol. The van der Waals surface area contributed by atoms with Crippen LogP contribution in [0.25, 0.3) is 0 Å². The van der Waals surface area contributed by atoms with Crippen LogP contribution in [0.3, 0.4) is 0 Å². The molecule has 1 atom stereocenters. The van der Waals surface area contributed by atoms with E-state index in [0.29, 0.717) is 5.69 Å². The van der Waals surface area contributed by atoms with Crippen molar-refractivity contribution in [1.29, 1.82) is 5.26 Å². The van der Waals surface area contributed by atoms with Crippen LogP contribution in [0.1, 0.15) is 19.0 Å². The van der Waals surface area contributed by atoms with E-state index >= 15 is 0 Å². The third-order valence-corrected chi connectivity index (χ3v) is 3.29. The fraction of sp³-hybridized carbons (Fsp3) is 0.538. The lowest BCUT2D eigenvalue weighted by Crippen LogP contribution is -2.22. The molecule has 1 aromatic heterocycles. The number of anilines is 1. The average Bonchev–Trinajstić information content (AvgIpc) is 2.85. The Balaban J connectivity index is 1.80. The Hall–Kier alpha value is -1.60. The van der Waals surface area contributed by atoms with Crippen molar-refractivity contribution in [3.63, 3.8) is 0 Å². The van der Waals surface area contributed by atoms with Crippen LogP contribution < -0.4 is 5.32 Å². The van der Waals surface area contributed by atoms with E-state index in [4.69, 9.17) is 5.26 Å². The van der Waals surface area contributed by atoms with E-state index in [2.05, 4.69) is 22.1 Å². The Kier molecular flexibility index (Phi) is 3.94. The number of hydrogen-bond acceptors (Lipinski definition) is 4. The van der Waals surface area contributed by atoms with Crippen molar-refractivity contribution in [3.8, 4) is 6.07 Å². The molecular formula is C13H18N4. The molecule has 1 saturated heterocycles. The minimum absolute atomic E-state index is 0.466. The average molecular weight is 230 g/mol. The van der Waals surface area contributed by atoms with E-state index in [0.717, 1.165) is 24.7 Å². The highest BCUT2D eigenvalue weighted by atomic mass is 15.1. The highest BCUT2D eigenvalue weighted by Gasteiger charge is 2.20. The quantitative estimate of drug-likeness (QED) is 0.855. The molecule has 4 nitrogen and oxygen atoms in total. The van der Waals surface area contributed by atoms with Gasteiger partial charge in [0.25, 0.3) is 0 Å². The van der Waals surface area contributed by atoms with Crippen molar-refractivity contribution in [3.05, 3.63) is 24.0 Å². The lowest BCUT2D eigenvalue weighted by Gasteiger charge is -2.14. The third-order valence-electron chi connectivity index (χ3n) is 3.29. The number of nitriles is 1. The zero-order chi connectivity index (χ0) is 12.1. The van der Waals surface area contributed by atoms with Gasteiger partial charge in [0.2, 0.25) is 0 Å². The number of aromatic nitrogens is 1. The molecule has 0 amide bonds. The van der Waals surface area contributed by atoms with Crippen LogP contribution in [0, 0.1) is 17.2 Å². The summed E-state index contributed by atoms with van der Waals surface area (Å²) in [5.74, 6) is 0.727. The molecule has 0 aromatic carbocycles. The van der Waals surface area contributed by atoms with Crippen molar-refractivity contribution in [2.45, 2.75) is 13.3 Å². The molecule has 0 saturated carbocycles. The first kappa shape index (κ1) is 11.9. The van der Waals surface area contributed by atoms with Crippen LogP contribution >= 0.6 is 0 Å². The molecule has 1 aliphatic heterocycles. The Bertz CT molecular complexity index is 393. The van der Waals surface area contributed by atoms with E-state index in [1.807, 2.05) is 12.1 Å². The van der Waals surface area contributed by atoms with Crippen molar-refractivity contribution in [1.82, 2.24) is 9.88 Å². The zero-order valence-electron chi connectivity index (χ0n) is 10.2. The second-order valence-corrected chi connectivity index (χ2v) is 4.47. The second-order valence-electron chi connectivity index (χ2n) is 4.47. The molecule has 90 valence electrons. The van der Waals surface area contributed by atoms with Crippen LogP contribution in [-0.2, 0) is 0 Å². The number of likely N-dealkylation sites (tertiary alicyclic amines) is 1. The number of nitrogens with zero attached hydrogens (tertiary/aromatic N) is 3. The summed E-state index contributed by atoms with van der Waals surface area (Å²) < 4.78 is 0. The standard InChI is InChI=1S/C13H18N4/c1-2-17-6-5-11(10-17)8-15-13-4-3-12(7-14)16-9-13/h3-4,9,11,15H,2,5-6,8,10H2,1H3. The summed E-state index contributed by atoms with van der Waals surface area (Å²) >= 11 is 0. The maximum Gasteiger partial charge on any atom is 0.140 e. The summed E-state index contributed by atoms with van der Waals surface area (Å²) in [5, 5.41) is 12.0. The van der Waals surface area contributed by atoms with Gasteiger partial charge >= 0.3 is 0 Å². The highest BCUT2D eigenvalue weighted by Crippen LogP contribution is 2.16. The number of nitrogens with one attached hydrogen (secondary N) is 1. The Morgan fingerprint density at radius 1 is 1.59 bits per heavy atom. The van der Waals surface area contributed by atoms with E-state index in [-0.39, 0.29) is 0 Å². The van der Waals surface area contributed by atoms with Gasteiger partial charge in [-0.1, -0.05) is 6.92 Å². The van der Waals surface area contributed by atoms with Crippen LogP contribution in [0.4, 0.5) is 5.69 Å². The van der Waals surface area contributed by atoms with Crippen LogP contribution in [0.2, 0.25) is 0 Å². The highest BCUT2D eigenvalue weighted by molar-refractivity contribution is 5.42. The summed E-state index contributed by atoms with van der Waals surface area (Å²) in [6, 6.07) is 5.68. The molecule has 1 N–H and O–H groups in total. The topological polar surface area (TPSA) is 52.0 Å². The summed E-state index contributed by atoms with van der Waals surface area (Å²) in [6.45, 7) is 6.75. The number of rotatable bonds is 4. The molecular weight excluding hydrogens is 212 g/mol. The minimum atomic E-state index is 0.466. The molecule has 0 radical (unpaired) electrons. The molecule has 0 aliphatic carbocycles. The molecule has 2 heterocycles. The van der Waals surface area contributed by atoms with Gasteiger partial charge in [0, 0.05) is 13.1 Å². The fourth-order valence-corrected chi connectivity index (χ4v) is 2.19. The maximum absolute atomic E-state index is 8.65. The fourth-order valence-electron chi connectivity index (χ4n) is 2.19. The summed E-state index contributed by atoms with van der Waals surface area (Å²) in [7, 11) is 0. The van der Waals surface area contributed by atoms with Gasteiger partial charge in [-0.05, 0) is 37.6 Å². The smallest absolute Gasteiger partial charge is 0.140 e. The van der Waals surface area contributed by atoms with Gasteiger partial charge in [0.1, 0.15) is 11.8 Å².